The van der Waals surface area contributed by atoms with Crippen molar-refractivity contribution in [2.75, 3.05) is 13.2 Å². The predicted octanol–water partition coefficient (Wildman–Crippen LogP) is -1.43. The molecule has 0 aromatic carbocycles. The topological polar surface area (TPSA) is 93.6 Å². The van der Waals surface area contributed by atoms with Crippen LogP contribution in [0.1, 0.15) is 6.92 Å². The molecule has 0 saturated carbocycles. The van der Waals surface area contributed by atoms with Crippen LogP contribution in [0.4, 0.5) is 0 Å². The van der Waals surface area contributed by atoms with Gasteiger partial charge < -0.3 is 14.6 Å². The number of nitrogens with zero attached hydrogens (tertiary/aromatic N) is 1. The summed E-state index contributed by atoms with van der Waals surface area (Å²) in [6.07, 6.45) is 0.591. The smallest absolute Gasteiger partial charge is 0.330 e. The first kappa shape index (κ1) is 11.1. The monoisotopic (exact) mass is 228 g/mol. The van der Waals surface area contributed by atoms with E-state index < -0.39 is 23.3 Å². The molecule has 2 atom stereocenters. The molecule has 1 aliphatic rings. The maximum absolute atomic E-state index is 11.5. The largest absolute Gasteiger partial charge is 0.391 e. The lowest BCUT2D eigenvalue weighted by Gasteiger charge is -2.24. The van der Waals surface area contributed by atoms with Gasteiger partial charge in [-0.15, -0.1) is 0 Å². The number of rotatable bonds is 2. The minimum Gasteiger partial charge on any atom is -0.391 e. The van der Waals surface area contributed by atoms with Gasteiger partial charge in [-0.05, 0) is 6.92 Å². The van der Waals surface area contributed by atoms with Crippen LogP contribution in [-0.2, 0) is 15.2 Å². The molecule has 1 aromatic rings. The maximum atomic E-state index is 11.5. The van der Waals surface area contributed by atoms with Crippen LogP contribution in [0.3, 0.4) is 0 Å². The lowest BCUT2D eigenvalue weighted by molar-refractivity contribution is -0.134. The van der Waals surface area contributed by atoms with E-state index in [1.54, 1.807) is 6.92 Å². The Morgan fingerprint density at radius 2 is 2.44 bits per heavy atom. The summed E-state index contributed by atoms with van der Waals surface area (Å²) in [7, 11) is 0. The van der Waals surface area contributed by atoms with E-state index in [2.05, 4.69) is 4.98 Å². The Morgan fingerprint density at radius 3 is 3.00 bits per heavy atom. The third-order valence-electron chi connectivity index (χ3n) is 2.40. The molecule has 2 N–H and O–H groups in total. The Balaban J connectivity index is 2.37. The van der Waals surface area contributed by atoms with Gasteiger partial charge in [-0.25, -0.2) is 4.79 Å². The molecule has 0 radical (unpaired) electrons. The van der Waals surface area contributed by atoms with Crippen LogP contribution in [0.15, 0.2) is 21.9 Å². The van der Waals surface area contributed by atoms with E-state index in [1.807, 2.05) is 0 Å². The molecule has 2 heterocycles. The van der Waals surface area contributed by atoms with Gasteiger partial charge in [-0.2, -0.15) is 0 Å². The highest BCUT2D eigenvalue weighted by Crippen LogP contribution is 2.25. The second-order valence-electron chi connectivity index (χ2n) is 3.70. The summed E-state index contributed by atoms with van der Waals surface area (Å²) in [5.41, 5.74) is -2.05. The molecule has 1 saturated heterocycles. The lowest BCUT2D eigenvalue weighted by atomic mass is 10.3. The van der Waals surface area contributed by atoms with E-state index in [0.717, 1.165) is 0 Å². The van der Waals surface area contributed by atoms with Gasteiger partial charge in [0.2, 0.25) is 0 Å². The van der Waals surface area contributed by atoms with E-state index in [4.69, 9.17) is 14.6 Å². The number of aromatic nitrogens is 2. The summed E-state index contributed by atoms with van der Waals surface area (Å²) in [5, 5.41) is 8.86. The number of aromatic amines is 1. The van der Waals surface area contributed by atoms with Crippen molar-refractivity contribution in [1.29, 1.82) is 0 Å². The standard InChI is InChI=1S/C9H12N2O5/c1-9(5-15-7(4-12)16-9)11-3-2-6(13)10-8(11)14/h2-3,7,12H,4-5H2,1H3,(H,10,13,14)/t7-,9-/m0/s1. The van der Waals surface area contributed by atoms with Crippen LogP contribution in [0.5, 0.6) is 0 Å². The Morgan fingerprint density at radius 1 is 1.69 bits per heavy atom. The fraction of sp³-hybridized carbons (Fsp3) is 0.556. The summed E-state index contributed by atoms with van der Waals surface area (Å²) in [4.78, 5) is 24.6. The Bertz CT molecular complexity index is 493. The van der Waals surface area contributed by atoms with E-state index in [0.29, 0.717) is 0 Å². The Hall–Kier alpha value is -1.44. The highest BCUT2D eigenvalue weighted by molar-refractivity contribution is 4.89. The average molecular weight is 228 g/mol. The Kier molecular flexibility index (Phi) is 2.66. The quantitative estimate of drug-likeness (QED) is 0.647. The molecule has 1 aromatic heterocycles. The molecule has 0 bridgehead atoms. The van der Waals surface area contributed by atoms with Gasteiger partial charge in [-0.3, -0.25) is 14.3 Å². The minimum atomic E-state index is -1.01. The first-order valence-corrected chi connectivity index (χ1v) is 4.78. The molecule has 0 unspecified atom stereocenters. The number of nitrogens with one attached hydrogen (secondary N) is 1. The van der Waals surface area contributed by atoms with Gasteiger partial charge in [0.05, 0.1) is 13.2 Å². The molecule has 0 aliphatic carbocycles. The number of H-pyrrole nitrogens is 1. The van der Waals surface area contributed by atoms with Gasteiger partial charge in [0.1, 0.15) is 0 Å². The molecule has 1 fully saturated rings. The van der Waals surface area contributed by atoms with Gasteiger partial charge in [0.25, 0.3) is 5.56 Å². The van der Waals surface area contributed by atoms with Gasteiger partial charge in [-0.1, -0.05) is 0 Å². The van der Waals surface area contributed by atoms with Gasteiger partial charge in [0.15, 0.2) is 12.0 Å². The van der Waals surface area contributed by atoms with Gasteiger partial charge >= 0.3 is 5.69 Å². The van der Waals surface area contributed by atoms with Crippen molar-refractivity contribution in [1.82, 2.24) is 9.55 Å². The summed E-state index contributed by atoms with van der Waals surface area (Å²) < 4.78 is 11.7. The van der Waals surface area contributed by atoms with Crippen LogP contribution in [0.25, 0.3) is 0 Å². The number of hydrogen-bond donors (Lipinski definition) is 2. The number of aliphatic hydroxyl groups excluding tert-OH is 1. The van der Waals surface area contributed by atoms with Crippen LogP contribution in [0.2, 0.25) is 0 Å². The SMILES string of the molecule is C[C@@]1(n2ccc(=O)[nH]c2=O)CO[C@H](CO)O1. The highest BCUT2D eigenvalue weighted by Gasteiger charge is 2.39. The van der Waals surface area contributed by atoms with Crippen molar-refractivity contribution >= 4 is 0 Å². The first-order valence-electron chi connectivity index (χ1n) is 4.78. The zero-order valence-corrected chi connectivity index (χ0v) is 8.67. The second kappa shape index (κ2) is 3.85. The predicted molar refractivity (Wildman–Crippen MR) is 52.9 cm³/mol. The van der Waals surface area contributed by atoms with Crippen molar-refractivity contribution in [2.24, 2.45) is 0 Å². The van der Waals surface area contributed by atoms with Crippen molar-refractivity contribution in [3.63, 3.8) is 0 Å². The number of aliphatic hydroxyl groups is 1. The molecule has 0 spiro atoms. The molecule has 1 aliphatic heterocycles. The summed E-state index contributed by atoms with van der Waals surface area (Å²) in [6, 6.07) is 1.22. The fourth-order valence-electron chi connectivity index (χ4n) is 1.60. The molecule has 0 amide bonds. The van der Waals surface area contributed by atoms with E-state index in [1.165, 1.54) is 16.8 Å². The van der Waals surface area contributed by atoms with Gasteiger partial charge in [0, 0.05) is 12.3 Å². The van der Waals surface area contributed by atoms with E-state index in [-0.39, 0.29) is 13.2 Å². The molecular formula is C9H12N2O5. The van der Waals surface area contributed by atoms with Crippen molar-refractivity contribution in [2.45, 2.75) is 18.9 Å². The van der Waals surface area contributed by atoms with Crippen LogP contribution in [-0.4, -0.2) is 34.2 Å². The molecular weight excluding hydrogens is 216 g/mol. The number of hydrogen-bond acceptors (Lipinski definition) is 5. The molecule has 88 valence electrons. The minimum absolute atomic E-state index is 0.129. The molecule has 7 nitrogen and oxygen atoms in total. The Labute approximate surface area is 90.2 Å². The zero-order chi connectivity index (χ0) is 11.8. The van der Waals surface area contributed by atoms with Crippen LogP contribution >= 0.6 is 0 Å². The number of ether oxygens (including phenoxy) is 2. The third-order valence-corrected chi connectivity index (χ3v) is 2.40. The molecule has 2 rings (SSSR count). The van der Waals surface area contributed by atoms with E-state index >= 15 is 0 Å². The maximum Gasteiger partial charge on any atom is 0.330 e. The average Bonchev–Trinajstić information content (AvgIpc) is 2.61. The fourth-order valence-corrected chi connectivity index (χ4v) is 1.60. The third kappa shape index (κ3) is 1.80. The van der Waals surface area contributed by atoms with Crippen LogP contribution in [0, 0.1) is 0 Å². The summed E-state index contributed by atoms with van der Waals surface area (Å²) in [6.45, 7) is 1.49. The second-order valence-corrected chi connectivity index (χ2v) is 3.70. The van der Waals surface area contributed by atoms with Crippen molar-refractivity contribution in [3.05, 3.63) is 33.1 Å². The van der Waals surface area contributed by atoms with Crippen molar-refractivity contribution in [3.8, 4) is 0 Å². The molecule has 16 heavy (non-hydrogen) atoms. The molecule has 7 heteroatoms. The van der Waals surface area contributed by atoms with E-state index in [9.17, 15) is 9.59 Å². The lowest BCUT2D eigenvalue weighted by Crippen LogP contribution is -2.43. The zero-order valence-electron chi connectivity index (χ0n) is 8.67. The summed E-state index contributed by atoms with van der Waals surface area (Å²) >= 11 is 0. The van der Waals surface area contributed by atoms with Crippen molar-refractivity contribution < 1.29 is 14.6 Å². The van der Waals surface area contributed by atoms with Crippen LogP contribution < -0.4 is 11.2 Å². The normalized spacial score (nSPS) is 29.5. The summed E-state index contributed by atoms with van der Waals surface area (Å²) in [5.74, 6) is 0. The first-order chi connectivity index (χ1) is 7.55. The highest BCUT2D eigenvalue weighted by atomic mass is 16.7.